The third-order valence-corrected chi connectivity index (χ3v) is 7.06. The average Bonchev–Trinajstić information content (AvgIpc) is 2.66. The van der Waals surface area contributed by atoms with Gasteiger partial charge in [-0.2, -0.15) is 0 Å². The zero-order chi connectivity index (χ0) is 20.4. The van der Waals surface area contributed by atoms with Gasteiger partial charge in [0.25, 0.3) is 0 Å². The maximum atomic E-state index is 10.7. The lowest BCUT2D eigenvalue weighted by Crippen LogP contribution is -2.20. The summed E-state index contributed by atoms with van der Waals surface area (Å²) in [6, 6.07) is 9.99. The van der Waals surface area contributed by atoms with Gasteiger partial charge in [0.2, 0.25) is 0 Å². The molecule has 2 aromatic rings. The summed E-state index contributed by atoms with van der Waals surface area (Å²) in [6.07, 6.45) is 0.752. The fourth-order valence-electron chi connectivity index (χ4n) is 3.10. The van der Waals surface area contributed by atoms with Gasteiger partial charge >= 0.3 is 5.97 Å². The summed E-state index contributed by atoms with van der Waals surface area (Å²) in [5, 5.41) is 9.68. The minimum atomic E-state index is -0.774. The Kier molecular flexibility index (Phi) is 6.15. The van der Waals surface area contributed by atoms with Crippen molar-refractivity contribution in [2.24, 2.45) is 4.99 Å². The predicted octanol–water partition coefficient (Wildman–Crippen LogP) is 4.06. The third kappa shape index (κ3) is 4.10. The van der Waals surface area contributed by atoms with Crippen LogP contribution in [0.2, 0.25) is 0 Å². The van der Waals surface area contributed by atoms with Crippen LogP contribution in [0.5, 0.6) is 5.75 Å². The molecule has 8 heteroatoms. The van der Waals surface area contributed by atoms with Crippen molar-refractivity contribution in [1.29, 1.82) is 0 Å². The molecule has 0 amide bonds. The average molecular weight is 422 g/mol. The molecule has 0 spiro atoms. The number of carboxylic acid groups (broad SMARTS) is 1. The summed E-state index contributed by atoms with van der Waals surface area (Å²) in [5.41, 5.74) is 2.79. The maximum absolute atomic E-state index is 10.7. The normalized spacial score (nSPS) is 14.5. The molecule has 28 heavy (non-hydrogen) atoms. The summed E-state index contributed by atoms with van der Waals surface area (Å²) in [4.78, 5) is 20.5. The Morgan fingerprint density at radius 3 is 2.64 bits per heavy atom. The highest BCUT2D eigenvalue weighted by molar-refractivity contribution is 8.29. The van der Waals surface area contributed by atoms with Crippen LogP contribution in [0.15, 0.2) is 40.2 Å². The van der Waals surface area contributed by atoms with Gasteiger partial charge in [-0.3, -0.25) is 4.79 Å². The smallest absolute Gasteiger partial charge is 0.303 e. The molecule has 6 nitrogen and oxygen atoms in total. The van der Waals surface area contributed by atoms with Gasteiger partial charge in [-0.25, -0.2) is 4.99 Å². The first-order valence-corrected chi connectivity index (χ1v) is 11.0. The highest BCUT2D eigenvalue weighted by Crippen LogP contribution is 2.47. The zero-order valence-electron chi connectivity index (χ0n) is 16.4. The highest BCUT2D eigenvalue weighted by atomic mass is 35.7. The van der Waals surface area contributed by atoms with Crippen LogP contribution in [0.25, 0.3) is 0 Å². The monoisotopic (exact) mass is 421 g/mol. The molecule has 0 saturated carbocycles. The van der Waals surface area contributed by atoms with Crippen molar-refractivity contribution in [3.63, 3.8) is 0 Å². The predicted molar refractivity (Wildman–Crippen MR) is 115 cm³/mol. The van der Waals surface area contributed by atoms with Crippen LogP contribution >= 0.6 is 20.4 Å². The van der Waals surface area contributed by atoms with E-state index in [-0.39, 0.29) is 6.42 Å². The summed E-state index contributed by atoms with van der Waals surface area (Å²) in [6.45, 7) is 0.664. The standard InChI is InChI=1S/C20H24ClN3O3S/c1-23(2)16-12-19-15(11-17(16)27-4)22-14-8-7-13(10-18(14)28(19)21)24(3)9-5-6-20(25)26/h7-8,10-12H,5-6,9H2,1-4H3,(H,25,26). The number of rotatable bonds is 7. The summed E-state index contributed by atoms with van der Waals surface area (Å²) < 4.78 is 6.49. The molecule has 0 fully saturated rings. The molecule has 150 valence electrons. The molecule has 1 atom stereocenters. The van der Waals surface area contributed by atoms with Crippen molar-refractivity contribution in [1.82, 2.24) is 0 Å². The van der Waals surface area contributed by atoms with E-state index in [1.165, 1.54) is 0 Å². The molecule has 0 radical (unpaired) electrons. The molecular formula is C20H24ClN3O3S. The number of halogens is 1. The maximum Gasteiger partial charge on any atom is 0.303 e. The van der Waals surface area contributed by atoms with Crippen LogP contribution in [-0.2, 0) is 4.79 Å². The van der Waals surface area contributed by atoms with E-state index in [0.717, 1.165) is 37.6 Å². The quantitative estimate of drug-likeness (QED) is 0.683. The number of nitrogens with zero attached hydrogens (tertiary/aromatic N) is 3. The number of hydrogen-bond donors (Lipinski definition) is 1. The largest absolute Gasteiger partial charge is 0.495 e. The van der Waals surface area contributed by atoms with Crippen LogP contribution in [0, 0.1) is 4.51 Å². The van der Waals surface area contributed by atoms with Gasteiger partial charge < -0.3 is 19.6 Å². The lowest BCUT2D eigenvalue weighted by atomic mass is 10.2. The third-order valence-electron chi connectivity index (χ3n) is 4.64. The summed E-state index contributed by atoms with van der Waals surface area (Å²) >= 11 is 0. The van der Waals surface area contributed by atoms with E-state index in [9.17, 15) is 4.79 Å². The number of hydrogen-bond acceptors (Lipinski definition) is 5. The molecule has 1 unspecified atom stereocenters. The molecule has 2 aromatic carbocycles. The molecule has 1 aliphatic rings. The Morgan fingerprint density at radius 1 is 1.25 bits per heavy atom. The van der Waals surface area contributed by atoms with Crippen LogP contribution in [0.1, 0.15) is 12.8 Å². The molecule has 0 aromatic heterocycles. The Morgan fingerprint density at radius 2 is 2.00 bits per heavy atom. The first-order valence-electron chi connectivity index (χ1n) is 8.90. The Balaban J connectivity index is 2.02. The van der Waals surface area contributed by atoms with E-state index < -0.39 is 15.7 Å². The Labute approximate surface area is 171 Å². The number of carboxylic acids is 1. The second-order valence-corrected chi connectivity index (χ2v) is 9.14. The van der Waals surface area contributed by atoms with E-state index in [1.54, 1.807) is 7.11 Å². The van der Waals surface area contributed by atoms with Gasteiger partial charge in [-0.05, 0) is 41.4 Å². The van der Waals surface area contributed by atoms with Crippen molar-refractivity contribution in [2.45, 2.75) is 17.7 Å². The first kappa shape index (κ1) is 20.5. The van der Waals surface area contributed by atoms with Crippen molar-refractivity contribution < 1.29 is 14.6 Å². The topological polar surface area (TPSA) is 65.4 Å². The fourth-order valence-corrected chi connectivity index (χ4v) is 5.11. The van der Waals surface area contributed by atoms with Gasteiger partial charge in [0.15, 0.2) is 0 Å². The Hall–Kier alpha value is -2.25. The highest BCUT2D eigenvalue weighted by Gasteiger charge is 2.17. The molecule has 1 heterocycles. The number of carbonyl (C=O) groups is 1. The van der Waals surface area contributed by atoms with E-state index in [4.69, 9.17) is 25.5 Å². The van der Waals surface area contributed by atoms with Crippen LogP contribution in [0.4, 0.5) is 17.1 Å². The lowest BCUT2D eigenvalue weighted by Gasteiger charge is -2.22. The second-order valence-electron chi connectivity index (χ2n) is 6.83. The van der Waals surface area contributed by atoms with Crippen molar-refractivity contribution in [3.05, 3.63) is 40.2 Å². The van der Waals surface area contributed by atoms with Crippen molar-refractivity contribution >= 4 is 43.4 Å². The van der Waals surface area contributed by atoms with Gasteiger partial charge in [-0.15, -0.1) is 0 Å². The van der Waals surface area contributed by atoms with Gasteiger partial charge in [0.05, 0.1) is 23.8 Å². The van der Waals surface area contributed by atoms with Gasteiger partial charge in [0, 0.05) is 55.3 Å². The minimum absolute atomic E-state index is 0.160. The Bertz CT molecular complexity index is 1040. The number of ether oxygens (including phenoxy) is 1. The fraction of sp³-hybridized carbons (Fsp3) is 0.350. The second kappa shape index (κ2) is 8.41. The van der Waals surface area contributed by atoms with E-state index in [0.29, 0.717) is 13.0 Å². The first-order chi connectivity index (χ1) is 13.3. The SMILES string of the molecule is COc1cc2c(cc1N(C)C)S(Cl)=c1cc(N(C)CCCC(=O)O)ccc1=N2. The molecule has 1 aliphatic heterocycles. The number of fused-ring (bicyclic) bond motifs is 2. The molecule has 0 aliphatic carbocycles. The van der Waals surface area contributed by atoms with Crippen LogP contribution in [-0.4, -0.2) is 45.9 Å². The van der Waals surface area contributed by atoms with Crippen molar-refractivity contribution in [3.8, 4) is 5.75 Å². The van der Waals surface area contributed by atoms with Gasteiger partial charge in [-0.1, -0.05) is 9.70 Å². The lowest BCUT2D eigenvalue weighted by molar-refractivity contribution is -0.137. The molecule has 0 bridgehead atoms. The van der Waals surface area contributed by atoms with Gasteiger partial charge in [0.1, 0.15) is 5.75 Å². The minimum Gasteiger partial charge on any atom is -0.495 e. The van der Waals surface area contributed by atoms with Crippen LogP contribution in [0.3, 0.4) is 0 Å². The molecule has 3 rings (SSSR count). The zero-order valence-corrected chi connectivity index (χ0v) is 18.0. The summed E-state index contributed by atoms with van der Waals surface area (Å²) in [7, 11) is 13.8. The van der Waals surface area contributed by atoms with Crippen molar-refractivity contribution in [2.75, 3.05) is 44.6 Å². The van der Waals surface area contributed by atoms with E-state index in [2.05, 4.69) is 6.07 Å². The van der Waals surface area contributed by atoms with Crippen LogP contribution < -0.4 is 19.9 Å². The van der Waals surface area contributed by atoms with E-state index in [1.807, 2.05) is 55.2 Å². The molecule has 1 N–H and O–H groups in total. The summed E-state index contributed by atoms with van der Waals surface area (Å²) in [5.74, 6) is -0.0110. The number of methoxy groups -OCH3 is 1. The number of benzene rings is 2. The van der Waals surface area contributed by atoms with E-state index >= 15 is 0 Å². The molecule has 0 saturated heterocycles. The molecular weight excluding hydrogens is 398 g/mol. The number of anilines is 2. The number of aliphatic carboxylic acids is 1.